The lowest BCUT2D eigenvalue weighted by Gasteiger charge is -2.18. The predicted molar refractivity (Wildman–Crippen MR) is 119 cm³/mol. The van der Waals surface area contributed by atoms with Gasteiger partial charge >= 0.3 is 0 Å². The van der Waals surface area contributed by atoms with Crippen LogP contribution in [0.15, 0.2) is 70.4 Å². The molecule has 0 atom stereocenters. The third-order valence-electron chi connectivity index (χ3n) is 5.01. The van der Waals surface area contributed by atoms with E-state index in [1.54, 1.807) is 24.5 Å². The quantitative estimate of drug-likeness (QED) is 0.351. The minimum Gasteiger partial charge on any atom is -0.482 e. The van der Waals surface area contributed by atoms with Crippen LogP contribution in [0.5, 0.6) is 5.75 Å². The standard InChI is InChI=1S/C23H18N4O4S/c1-14-17(9-10-30-14)22-25-26-23(27(22)16-5-3-2-4-6-16)32-13-19(28)15-7-8-20-18(11-15)24-21(29)12-31-20/h2-11H,12-13H2,1H3,(H,24,29). The van der Waals surface area contributed by atoms with E-state index in [9.17, 15) is 9.59 Å². The number of hydrogen-bond donors (Lipinski definition) is 1. The van der Waals surface area contributed by atoms with Crippen LogP contribution < -0.4 is 10.1 Å². The van der Waals surface area contributed by atoms with Crippen LogP contribution in [-0.2, 0) is 4.79 Å². The number of nitrogens with zero attached hydrogens (tertiary/aromatic N) is 3. The van der Waals surface area contributed by atoms with Gasteiger partial charge in [-0.3, -0.25) is 14.2 Å². The van der Waals surface area contributed by atoms with Crippen LogP contribution in [0.4, 0.5) is 5.69 Å². The Labute approximate surface area is 187 Å². The van der Waals surface area contributed by atoms with E-state index >= 15 is 0 Å². The summed E-state index contributed by atoms with van der Waals surface area (Å²) in [6.45, 7) is 1.85. The third-order valence-corrected chi connectivity index (χ3v) is 5.94. The molecule has 0 fully saturated rings. The Morgan fingerprint density at radius 2 is 2.00 bits per heavy atom. The summed E-state index contributed by atoms with van der Waals surface area (Å²) in [6.07, 6.45) is 1.61. The number of ether oxygens (including phenoxy) is 1. The van der Waals surface area contributed by atoms with Gasteiger partial charge in [-0.15, -0.1) is 10.2 Å². The minimum absolute atomic E-state index is 0.0240. The third kappa shape index (κ3) is 3.78. The highest BCUT2D eigenvalue weighted by Crippen LogP contribution is 2.32. The molecule has 0 unspecified atom stereocenters. The maximum Gasteiger partial charge on any atom is 0.262 e. The second-order valence-corrected chi connectivity index (χ2v) is 8.07. The molecule has 2 aromatic heterocycles. The molecule has 0 aliphatic carbocycles. The lowest BCUT2D eigenvalue weighted by Crippen LogP contribution is -2.25. The minimum atomic E-state index is -0.241. The van der Waals surface area contributed by atoms with Crippen molar-refractivity contribution in [3.8, 4) is 22.8 Å². The van der Waals surface area contributed by atoms with E-state index in [0.717, 1.165) is 17.0 Å². The highest BCUT2D eigenvalue weighted by Gasteiger charge is 2.21. The Morgan fingerprint density at radius 1 is 1.16 bits per heavy atom. The van der Waals surface area contributed by atoms with Gasteiger partial charge in [-0.05, 0) is 43.3 Å². The molecule has 0 bridgehead atoms. The maximum atomic E-state index is 12.9. The van der Waals surface area contributed by atoms with Gasteiger partial charge in [0.1, 0.15) is 11.5 Å². The first kappa shape index (κ1) is 20.1. The van der Waals surface area contributed by atoms with E-state index in [2.05, 4.69) is 15.5 Å². The number of nitrogens with one attached hydrogen (secondary N) is 1. The molecule has 2 aromatic carbocycles. The monoisotopic (exact) mass is 446 g/mol. The Kier molecular flexibility index (Phi) is 5.24. The number of ketones is 1. The summed E-state index contributed by atoms with van der Waals surface area (Å²) in [6, 6.07) is 16.6. The SMILES string of the molecule is Cc1occc1-c1nnc(SCC(=O)c2ccc3c(c2)NC(=O)CO3)n1-c1ccccc1. The summed E-state index contributed by atoms with van der Waals surface area (Å²) in [5.41, 5.74) is 2.71. The molecule has 1 aliphatic rings. The molecule has 4 aromatic rings. The summed E-state index contributed by atoms with van der Waals surface area (Å²) >= 11 is 1.30. The first-order valence-corrected chi connectivity index (χ1v) is 10.9. The van der Waals surface area contributed by atoms with Crippen molar-refractivity contribution in [2.75, 3.05) is 17.7 Å². The molecule has 9 heteroatoms. The second-order valence-electron chi connectivity index (χ2n) is 7.13. The predicted octanol–water partition coefficient (Wildman–Crippen LogP) is 4.14. The van der Waals surface area contributed by atoms with Crippen LogP contribution in [0.2, 0.25) is 0 Å². The largest absolute Gasteiger partial charge is 0.482 e. The molecule has 32 heavy (non-hydrogen) atoms. The molecule has 0 saturated heterocycles. The number of furan rings is 1. The van der Waals surface area contributed by atoms with Gasteiger partial charge in [0.05, 0.1) is 23.3 Å². The number of thioether (sulfide) groups is 1. The average Bonchev–Trinajstić information content (AvgIpc) is 3.43. The van der Waals surface area contributed by atoms with Crippen molar-refractivity contribution in [3.63, 3.8) is 0 Å². The van der Waals surface area contributed by atoms with Gasteiger partial charge in [0, 0.05) is 11.3 Å². The fourth-order valence-corrected chi connectivity index (χ4v) is 4.28. The number of para-hydroxylation sites is 1. The van der Waals surface area contributed by atoms with Gasteiger partial charge < -0.3 is 14.5 Å². The number of rotatable bonds is 6. The molecule has 1 aliphatic heterocycles. The van der Waals surface area contributed by atoms with Crippen molar-refractivity contribution < 1.29 is 18.7 Å². The fraction of sp³-hybridized carbons (Fsp3) is 0.130. The summed E-state index contributed by atoms with van der Waals surface area (Å²) in [7, 11) is 0. The van der Waals surface area contributed by atoms with Crippen LogP contribution >= 0.6 is 11.8 Å². The zero-order chi connectivity index (χ0) is 22.1. The number of aryl methyl sites for hydroxylation is 1. The average molecular weight is 446 g/mol. The Hall–Kier alpha value is -3.85. The number of amides is 1. The van der Waals surface area contributed by atoms with E-state index in [1.807, 2.05) is 47.9 Å². The first-order valence-electron chi connectivity index (χ1n) is 9.88. The molecular formula is C23H18N4O4S. The molecule has 160 valence electrons. The Balaban J connectivity index is 1.42. The van der Waals surface area contributed by atoms with Crippen molar-refractivity contribution in [2.45, 2.75) is 12.1 Å². The lowest BCUT2D eigenvalue weighted by molar-refractivity contribution is -0.118. The number of hydrogen-bond acceptors (Lipinski definition) is 7. The van der Waals surface area contributed by atoms with E-state index in [0.29, 0.717) is 28.0 Å². The summed E-state index contributed by atoms with van der Waals surface area (Å²) in [5, 5.41) is 12.0. The molecule has 0 saturated carbocycles. The number of fused-ring (bicyclic) bond motifs is 1. The molecule has 0 radical (unpaired) electrons. The molecule has 0 spiro atoms. The normalized spacial score (nSPS) is 12.7. The molecule has 8 nitrogen and oxygen atoms in total. The molecule has 1 amide bonds. The topological polar surface area (TPSA) is 99.2 Å². The van der Waals surface area contributed by atoms with E-state index in [-0.39, 0.29) is 24.1 Å². The molecular weight excluding hydrogens is 428 g/mol. The van der Waals surface area contributed by atoms with Crippen LogP contribution in [0.25, 0.3) is 17.1 Å². The van der Waals surface area contributed by atoms with E-state index < -0.39 is 0 Å². The number of carbonyl (C=O) groups excluding carboxylic acids is 2. The van der Waals surface area contributed by atoms with Gasteiger partial charge in [0.2, 0.25) is 0 Å². The first-order chi connectivity index (χ1) is 15.6. The molecule has 5 rings (SSSR count). The number of aromatic nitrogens is 3. The van der Waals surface area contributed by atoms with Crippen molar-refractivity contribution in [3.05, 3.63) is 72.2 Å². The maximum absolute atomic E-state index is 12.9. The molecule has 3 heterocycles. The number of benzene rings is 2. The Bertz CT molecular complexity index is 1310. The van der Waals surface area contributed by atoms with Crippen molar-refractivity contribution in [1.82, 2.24) is 14.8 Å². The van der Waals surface area contributed by atoms with Gasteiger partial charge in [-0.2, -0.15) is 0 Å². The fourth-order valence-electron chi connectivity index (χ4n) is 3.43. The zero-order valence-corrected chi connectivity index (χ0v) is 17.9. The van der Waals surface area contributed by atoms with Crippen LogP contribution in [-0.4, -0.2) is 38.8 Å². The van der Waals surface area contributed by atoms with Crippen molar-refractivity contribution in [1.29, 1.82) is 0 Å². The highest BCUT2D eigenvalue weighted by molar-refractivity contribution is 7.99. The summed E-state index contributed by atoms with van der Waals surface area (Å²) in [5.74, 6) is 1.75. The van der Waals surface area contributed by atoms with Crippen LogP contribution in [0, 0.1) is 6.92 Å². The molecule has 1 N–H and O–H groups in total. The zero-order valence-electron chi connectivity index (χ0n) is 17.1. The van der Waals surface area contributed by atoms with E-state index in [4.69, 9.17) is 9.15 Å². The van der Waals surface area contributed by atoms with Gasteiger partial charge in [-0.1, -0.05) is 30.0 Å². The Morgan fingerprint density at radius 3 is 2.78 bits per heavy atom. The van der Waals surface area contributed by atoms with Gasteiger partial charge in [0.25, 0.3) is 5.91 Å². The number of Topliss-reactive ketones (excluding diaryl/α,β-unsaturated/α-hetero) is 1. The summed E-state index contributed by atoms with van der Waals surface area (Å²) in [4.78, 5) is 24.4. The highest BCUT2D eigenvalue weighted by atomic mass is 32.2. The van der Waals surface area contributed by atoms with E-state index in [1.165, 1.54) is 11.8 Å². The van der Waals surface area contributed by atoms with Crippen LogP contribution in [0.1, 0.15) is 16.1 Å². The van der Waals surface area contributed by atoms with Crippen LogP contribution in [0.3, 0.4) is 0 Å². The number of anilines is 1. The van der Waals surface area contributed by atoms with Gasteiger partial charge in [-0.25, -0.2) is 0 Å². The van der Waals surface area contributed by atoms with Crippen molar-refractivity contribution >= 4 is 29.1 Å². The summed E-state index contributed by atoms with van der Waals surface area (Å²) < 4.78 is 12.7. The lowest BCUT2D eigenvalue weighted by atomic mass is 10.1. The van der Waals surface area contributed by atoms with Gasteiger partial charge in [0.15, 0.2) is 23.4 Å². The van der Waals surface area contributed by atoms with Crippen molar-refractivity contribution in [2.24, 2.45) is 0 Å². The number of carbonyl (C=O) groups is 2. The second kappa shape index (κ2) is 8.35. The smallest absolute Gasteiger partial charge is 0.262 e.